The van der Waals surface area contributed by atoms with Gasteiger partial charge in [-0.2, -0.15) is 0 Å². The standard InChI is InChI=1S/C14H19F3N4O.HI/c1-8(2)6-19-14(18-3)20-7-11(22)21-10-5-4-9(15)12(16)13(10)17;/h4-5,8H,6-7H2,1-3H3,(H,21,22)(H2,18,19,20);1H. The van der Waals surface area contributed by atoms with Crippen LogP contribution < -0.4 is 16.0 Å². The number of halogens is 4. The normalized spacial score (nSPS) is 11.0. The Labute approximate surface area is 150 Å². The van der Waals surface area contributed by atoms with E-state index in [-0.39, 0.29) is 30.5 Å². The van der Waals surface area contributed by atoms with Crippen LogP contribution in [0.15, 0.2) is 17.1 Å². The second-order valence-corrected chi connectivity index (χ2v) is 4.97. The molecule has 0 fully saturated rings. The highest BCUT2D eigenvalue weighted by molar-refractivity contribution is 14.0. The molecule has 130 valence electrons. The summed E-state index contributed by atoms with van der Waals surface area (Å²) in [5.41, 5.74) is -0.421. The molecule has 23 heavy (non-hydrogen) atoms. The summed E-state index contributed by atoms with van der Waals surface area (Å²) >= 11 is 0. The molecule has 0 radical (unpaired) electrons. The van der Waals surface area contributed by atoms with E-state index >= 15 is 0 Å². The van der Waals surface area contributed by atoms with Crippen LogP contribution >= 0.6 is 24.0 Å². The maximum Gasteiger partial charge on any atom is 0.243 e. The van der Waals surface area contributed by atoms with Crippen molar-refractivity contribution in [2.75, 3.05) is 25.5 Å². The maximum absolute atomic E-state index is 13.4. The van der Waals surface area contributed by atoms with Crippen molar-refractivity contribution >= 4 is 41.5 Å². The van der Waals surface area contributed by atoms with Gasteiger partial charge in [0.2, 0.25) is 5.91 Å². The Morgan fingerprint density at radius 2 is 1.83 bits per heavy atom. The second-order valence-electron chi connectivity index (χ2n) is 4.97. The monoisotopic (exact) mass is 444 g/mol. The SMILES string of the molecule is CN=C(NCC(=O)Nc1ccc(F)c(F)c1F)NCC(C)C.I. The lowest BCUT2D eigenvalue weighted by Gasteiger charge is -2.13. The van der Waals surface area contributed by atoms with Gasteiger partial charge in [0.15, 0.2) is 23.4 Å². The molecule has 0 aliphatic rings. The van der Waals surface area contributed by atoms with Gasteiger partial charge >= 0.3 is 0 Å². The Hall–Kier alpha value is -1.52. The quantitative estimate of drug-likeness (QED) is 0.283. The molecule has 0 aliphatic heterocycles. The molecule has 0 bridgehead atoms. The molecule has 1 amide bonds. The molecule has 0 heterocycles. The molecule has 0 saturated heterocycles. The van der Waals surface area contributed by atoms with Gasteiger partial charge in [0.1, 0.15) is 0 Å². The van der Waals surface area contributed by atoms with Gasteiger partial charge in [-0.05, 0) is 18.1 Å². The van der Waals surface area contributed by atoms with Crippen molar-refractivity contribution in [3.05, 3.63) is 29.6 Å². The van der Waals surface area contributed by atoms with Crippen LogP contribution in [0.2, 0.25) is 0 Å². The number of benzene rings is 1. The van der Waals surface area contributed by atoms with Gasteiger partial charge in [-0.25, -0.2) is 13.2 Å². The molecule has 0 aromatic heterocycles. The fourth-order valence-electron chi connectivity index (χ4n) is 1.50. The predicted octanol–water partition coefficient (Wildman–Crippen LogP) is 2.48. The average Bonchev–Trinajstić information content (AvgIpc) is 2.48. The van der Waals surface area contributed by atoms with E-state index in [0.717, 1.165) is 12.1 Å². The first-order valence-electron chi connectivity index (χ1n) is 6.73. The van der Waals surface area contributed by atoms with Gasteiger partial charge in [-0.15, -0.1) is 24.0 Å². The minimum Gasteiger partial charge on any atom is -0.356 e. The average molecular weight is 444 g/mol. The van der Waals surface area contributed by atoms with Crippen molar-refractivity contribution in [1.29, 1.82) is 0 Å². The van der Waals surface area contributed by atoms with E-state index in [1.165, 1.54) is 0 Å². The van der Waals surface area contributed by atoms with Crippen LogP contribution in [0.4, 0.5) is 18.9 Å². The highest BCUT2D eigenvalue weighted by Crippen LogP contribution is 2.19. The maximum atomic E-state index is 13.4. The van der Waals surface area contributed by atoms with Crippen molar-refractivity contribution in [2.24, 2.45) is 10.9 Å². The third-order valence-electron chi connectivity index (χ3n) is 2.63. The van der Waals surface area contributed by atoms with Crippen molar-refractivity contribution in [3.8, 4) is 0 Å². The number of guanidine groups is 1. The molecule has 1 aromatic carbocycles. The summed E-state index contributed by atoms with van der Waals surface area (Å²) in [6, 6.07) is 1.70. The first-order chi connectivity index (χ1) is 10.3. The third-order valence-corrected chi connectivity index (χ3v) is 2.63. The Balaban J connectivity index is 0.00000484. The molecule has 0 unspecified atom stereocenters. The summed E-state index contributed by atoms with van der Waals surface area (Å²) in [5, 5.41) is 7.87. The van der Waals surface area contributed by atoms with Crippen LogP contribution in [0.1, 0.15) is 13.8 Å². The number of hydrogen-bond donors (Lipinski definition) is 3. The molecular weight excluding hydrogens is 424 g/mol. The fraction of sp³-hybridized carbons (Fsp3) is 0.429. The number of rotatable bonds is 5. The molecule has 1 rings (SSSR count). The molecule has 3 N–H and O–H groups in total. The smallest absolute Gasteiger partial charge is 0.243 e. The number of carbonyl (C=O) groups excluding carboxylic acids is 1. The van der Waals surface area contributed by atoms with Gasteiger partial charge in [0.25, 0.3) is 0 Å². The summed E-state index contributed by atoms with van der Waals surface area (Å²) < 4.78 is 39.2. The Bertz CT molecular complexity index is 567. The number of anilines is 1. The van der Waals surface area contributed by atoms with Gasteiger partial charge in [0.05, 0.1) is 12.2 Å². The number of hydrogen-bond acceptors (Lipinski definition) is 2. The molecule has 0 aliphatic carbocycles. The first kappa shape index (κ1) is 21.5. The van der Waals surface area contributed by atoms with Crippen molar-refractivity contribution in [3.63, 3.8) is 0 Å². The number of carbonyl (C=O) groups is 1. The van der Waals surface area contributed by atoms with Crippen LogP contribution in [0.3, 0.4) is 0 Å². The zero-order chi connectivity index (χ0) is 16.7. The van der Waals surface area contributed by atoms with E-state index in [1.807, 2.05) is 13.8 Å². The number of amides is 1. The molecule has 1 aromatic rings. The highest BCUT2D eigenvalue weighted by atomic mass is 127. The molecule has 0 saturated carbocycles. The van der Waals surface area contributed by atoms with Crippen LogP contribution in [-0.4, -0.2) is 32.0 Å². The lowest BCUT2D eigenvalue weighted by Crippen LogP contribution is -2.42. The van der Waals surface area contributed by atoms with E-state index < -0.39 is 29.0 Å². The van der Waals surface area contributed by atoms with E-state index in [2.05, 4.69) is 20.9 Å². The lowest BCUT2D eigenvalue weighted by atomic mass is 10.2. The predicted molar refractivity (Wildman–Crippen MR) is 94.6 cm³/mol. The summed E-state index contributed by atoms with van der Waals surface area (Å²) in [5.74, 6) is -4.18. The Morgan fingerprint density at radius 1 is 1.17 bits per heavy atom. The van der Waals surface area contributed by atoms with Crippen LogP contribution in [0, 0.1) is 23.4 Å². The van der Waals surface area contributed by atoms with Gasteiger partial charge < -0.3 is 16.0 Å². The number of nitrogens with one attached hydrogen (secondary N) is 3. The summed E-state index contributed by atoms with van der Waals surface area (Å²) in [6.45, 7) is 4.49. The third kappa shape index (κ3) is 7.06. The van der Waals surface area contributed by atoms with E-state index in [9.17, 15) is 18.0 Å². The first-order valence-corrected chi connectivity index (χ1v) is 6.73. The Morgan fingerprint density at radius 3 is 2.39 bits per heavy atom. The van der Waals surface area contributed by atoms with E-state index in [1.54, 1.807) is 7.05 Å². The van der Waals surface area contributed by atoms with Crippen LogP contribution in [-0.2, 0) is 4.79 Å². The van der Waals surface area contributed by atoms with Crippen LogP contribution in [0.5, 0.6) is 0 Å². The van der Waals surface area contributed by atoms with Crippen molar-refractivity contribution in [1.82, 2.24) is 10.6 Å². The number of nitrogens with zero attached hydrogens (tertiary/aromatic N) is 1. The minimum atomic E-state index is -1.62. The summed E-state index contributed by atoms with van der Waals surface area (Å²) in [7, 11) is 1.54. The van der Waals surface area contributed by atoms with E-state index in [4.69, 9.17) is 0 Å². The van der Waals surface area contributed by atoms with Gasteiger partial charge in [-0.3, -0.25) is 9.79 Å². The number of aliphatic imine (C=N–C) groups is 1. The lowest BCUT2D eigenvalue weighted by molar-refractivity contribution is -0.115. The zero-order valence-corrected chi connectivity index (χ0v) is 15.4. The molecular formula is C14H20F3IN4O. The second kappa shape index (κ2) is 10.3. The molecule has 0 atom stereocenters. The molecule has 0 spiro atoms. The Kier molecular flexibility index (Phi) is 9.61. The van der Waals surface area contributed by atoms with Crippen molar-refractivity contribution in [2.45, 2.75) is 13.8 Å². The van der Waals surface area contributed by atoms with Crippen molar-refractivity contribution < 1.29 is 18.0 Å². The zero-order valence-electron chi connectivity index (χ0n) is 13.0. The highest BCUT2D eigenvalue weighted by Gasteiger charge is 2.15. The van der Waals surface area contributed by atoms with E-state index in [0.29, 0.717) is 18.4 Å². The fourth-order valence-corrected chi connectivity index (χ4v) is 1.50. The largest absolute Gasteiger partial charge is 0.356 e. The molecule has 9 heteroatoms. The van der Waals surface area contributed by atoms with Gasteiger partial charge in [-0.1, -0.05) is 13.8 Å². The van der Waals surface area contributed by atoms with Crippen LogP contribution in [0.25, 0.3) is 0 Å². The van der Waals surface area contributed by atoms with Gasteiger partial charge in [0, 0.05) is 13.6 Å². The topological polar surface area (TPSA) is 65.5 Å². The summed E-state index contributed by atoms with van der Waals surface area (Å²) in [4.78, 5) is 15.6. The summed E-state index contributed by atoms with van der Waals surface area (Å²) in [6.07, 6.45) is 0. The molecule has 5 nitrogen and oxygen atoms in total. The minimum absolute atomic E-state index is 0.